The second-order valence-corrected chi connectivity index (χ2v) is 7.32. The largest absolute Gasteiger partial charge is 0.493 e. The minimum atomic E-state index is 0.0201. The fourth-order valence-electron chi connectivity index (χ4n) is 2.96. The molecule has 0 saturated heterocycles. The van der Waals surface area contributed by atoms with Crippen LogP contribution in [0.3, 0.4) is 0 Å². The van der Waals surface area contributed by atoms with Gasteiger partial charge in [0.2, 0.25) is 11.7 Å². The number of carbonyl (C=O) groups is 1. The fourth-order valence-corrected chi connectivity index (χ4v) is 3.93. The van der Waals surface area contributed by atoms with E-state index >= 15 is 0 Å². The number of ether oxygens (including phenoxy) is 3. The molecule has 3 aromatic rings. The number of fused-ring (bicyclic) bond motifs is 1. The molecule has 1 heterocycles. The lowest BCUT2D eigenvalue weighted by Gasteiger charge is -2.14. The Morgan fingerprint density at radius 2 is 1.75 bits per heavy atom. The van der Waals surface area contributed by atoms with Crippen LogP contribution in [0.4, 0.5) is 0 Å². The number of amides is 1. The molecule has 0 radical (unpaired) electrons. The molecule has 3 rings (SSSR count). The predicted molar refractivity (Wildman–Crippen MR) is 111 cm³/mol. The van der Waals surface area contributed by atoms with E-state index < -0.39 is 0 Å². The van der Waals surface area contributed by atoms with Crippen LogP contribution in [0.5, 0.6) is 17.2 Å². The average Bonchev–Trinajstić information content (AvgIpc) is 3.14. The average molecular weight is 401 g/mol. The SMILES string of the molecule is COc1cc(CCNC(=O)CCc2nc3ccccc3s2)cc(OC)c1OC. The molecule has 0 fully saturated rings. The van der Waals surface area contributed by atoms with Crippen molar-refractivity contribution >= 4 is 27.5 Å². The lowest BCUT2D eigenvalue weighted by Crippen LogP contribution is -2.25. The van der Waals surface area contributed by atoms with Crippen LogP contribution < -0.4 is 19.5 Å². The number of thiazole rings is 1. The van der Waals surface area contributed by atoms with Crippen LogP contribution >= 0.6 is 11.3 Å². The Hall–Kier alpha value is -2.80. The molecular formula is C21H24N2O4S. The quantitative estimate of drug-likeness (QED) is 0.594. The van der Waals surface area contributed by atoms with Crippen LogP contribution in [0.15, 0.2) is 36.4 Å². The number of carbonyl (C=O) groups excluding carboxylic acids is 1. The van der Waals surface area contributed by atoms with Crippen LogP contribution in [0, 0.1) is 0 Å². The molecule has 28 heavy (non-hydrogen) atoms. The van der Waals surface area contributed by atoms with Crippen molar-refractivity contribution in [3.05, 3.63) is 47.0 Å². The van der Waals surface area contributed by atoms with Gasteiger partial charge in [0.15, 0.2) is 11.5 Å². The number of methoxy groups -OCH3 is 3. The molecule has 0 unspecified atom stereocenters. The molecule has 6 nitrogen and oxygen atoms in total. The zero-order valence-corrected chi connectivity index (χ0v) is 17.1. The molecule has 148 valence electrons. The van der Waals surface area contributed by atoms with E-state index in [2.05, 4.69) is 10.3 Å². The molecule has 1 N–H and O–H groups in total. The summed E-state index contributed by atoms with van der Waals surface area (Å²) in [5.41, 5.74) is 1.99. The maximum atomic E-state index is 12.2. The number of hydrogen-bond acceptors (Lipinski definition) is 6. The van der Waals surface area contributed by atoms with Gasteiger partial charge in [-0.05, 0) is 36.2 Å². The number of aromatic nitrogens is 1. The Morgan fingerprint density at radius 1 is 1.04 bits per heavy atom. The van der Waals surface area contributed by atoms with E-state index in [0.717, 1.165) is 20.8 Å². The topological polar surface area (TPSA) is 69.7 Å². The molecule has 0 bridgehead atoms. The van der Waals surface area contributed by atoms with Gasteiger partial charge in [-0.15, -0.1) is 11.3 Å². The number of nitrogens with one attached hydrogen (secondary N) is 1. The molecule has 1 amide bonds. The van der Waals surface area contributed by atoms with Crippen molar-refractivity contribution in [1.29, 1.82) is 0 Å². The maximum absolute atomic E-state index is 12.2. The number of hydrogen-bond donors (Lipinski definition) is 1. The van der Waals surface area contributed by atoms with Gasteiger partial charge in [0.25, 0.3) is 0 Å². The van der Waals surface area contributed by atoms with Gasteiger partial charge in [0.1, 0.15) is 0 Å². The molecule has 7 heteroatoms. The lowest BCUT2D eigenvalue weighted by molar-refractivity contribution is -0.121. The van der Waals surface area contributed by atoms with Gasteiger partial charge in [-0.3, -0.25) is 4.79 Å². The summed E-state index contributed by atoms with van der Waals surface area (Å²) in [4.78, 5) is 16.7. The molecule has 2 aromatic carbocycles. The van der Waals surface area contributed by atoms with Gasteiger partial charge in [-0.1, -0.05) is 12.1 Å². The van der Waals surface area contributed by atoms with Crippen molar-refractivity contribution in [2.45, 2.75) is 19.3 Å². The smallest absolute Gasteiger partial charge is 0.220 e. The van der Waals surface area contributed by atoms with Crippen molar-refractivity contribution in [2.24, 2.45) is 0 Å². The Balaban J connectivity index is 1.51. The first-order valence-corrected chi connectivity index (χ1v) is 9.86. The molecule has 0 aliphatic heterocycles. The Kier molecular flexibility index (Phi) is 6.71. The van der Waals surface area contributed by atoms with E-state index in [1.807, 2.05) is 36.4 Å². The van der Waals surface area contributed by atoms with Crippen LogP contribution in [-0.2, 0) is 17.6 Å². The normalized spacial score (nSPS) is 10.7. The van der Waals surface area contributed by atoms with Gasteiger partial charge < -0.3 is 19.5 Å². The van der Waals surface area contributed by atoms with Crippen molar-refractivity contribution in [1.82, 2.24) is 10.3 Å². The van der Waals surface area contributed by atoms with Gasteiger partial charge in [-0.25, -0.2) is 4.98 Å². The van der Waals surface area contributed by atoms with Crippen molar-refractivity contribution in [3.8, 4) is 17.2 Å². The van der Waals surface area contributed by atoms with Crippen LogP contribution in [0.2, 0.25) is 0 Å². The third-order valence-electron chi connectivity index (χ3n) is 4.36. The standard InChI is InChI=1S/C21H24N2O4S/c1-25-16-12-14(13-17(26-2)21(16)27-3)10-11-22-19(24)8-9-20-23-15-6-4-5-7-18(15)28-20/h4-7,12-13H,8-11H2,1-3H3,(H,22,24). The number of rotatable bonds is 9. The number of nitrogens with zero attached hydrogens (tertiary/aromatic N) is 1. The zero-order chi connectivity index (χ0) is 19.9. The molecule has 0 saturated carbocycles. The fraction of sp³-hybridized carbons (Fsp3) is 0.333. The van der Waals surface area contributed by atoms with Crippen LogP contribution in [0.1, 0.15) is 17.0 Å². The monoisotopic (exact) mass is 400 g/mol. The Labute approximate surface area is 168 Å². The summed E-state index contributed by atoms with van der Waals surface area (Å²) in [6.45, 7) is 0.539. The molecule has 0 aliphatic carbocycles. The number of para-hydroxylation sites is 1. The second kappa shape index (κ2) is 9.41. The first kappa shape index (κ1) is 19.9. The van der Waals surface area contributed by atoms with Gasteiger partial charge in [0, 0.05) is 19.4 Å². The first-order chi connectivity index (χ1) is 13.6. The zero-order valence-electron chi connectivity index (χ0n) is 16.3. The van der Waals surface area contributed by atoms with E-state index in [1.54, 1.807) is 32.7 Å². The number of aryl methyl sites for hydroxylation is 1. The highest BCUT2D eigenvalue weighted by atomic mass is 32.1. The van der Waals surface area contributed by atoms with Crippen LogP contribution in [-0.4, -0.2) is 38.8 Å². The molecule has 0 aliphatic rings. The van der Waals surface area contributed by atoms with E-state index in [-0.39, 0.29) is 5.91 Å². The lowest BCUT2D eigenvalue weighted by atomic mass is 10.1. The first-order valence-electron chi connectivity index (χ1n) is 9.04. The van der Waals surface area contributed by atoms with Crippen molar-refractivity contribution < 1.29 is 19.0 Å². The second-order valence-electron chi connectivity index (χ2n) is 6.21. The molecular weight excluding hydrogens is 376 g/mol. The maximum Gasteiger partial charge on any atom is 0.220 e. The predicted octanol–water partition coefficient (Wildman–Crippen LogP) is 3.61. The summed E-state index contributed by atoms with van der Waals surface area (Å²) in [5.74, 6) is 1.80. The summed E-state index contributed by atoms with van der Waals surface area (Å²) in [6.07, 6.45) is 1.74. The highest BCUT2D eigenvalue weighted by molar-refractivity contribution is 7.18. The molecule has 1 aromatic heterocycles. The molecule has 0 atom stereocenters. The van der Waals surface area contributed by atoms with Crippen molar-refractivity contribution in [3.63, 3.8) is 0 Å². The van der Waals surface area contributed by atoms with Gasteiger partial charge in [0.05, 0.1) is 36.6 Å². The number of benzene rings is 2. The highest BCUT2D eigenvalue weighted by Gasteiger charge is 2.13. The molecule has 0 spiro atoms. The third-order valence-corrected chi connectivity index (χ3v) is 5.46. The van der Waals surface area contributed by atoms with Crippen molar-refractivity contribution in [2.75, 3.05) is 27.9 Å². The Bertz CT molecular complexity index is 896. The summed E-state index contributed by atoms with van der Waals surface area (Å²) in [7, 11) is 4.75. The summed E-state index contributed by atoms with van der Waals surface area (Å²) in [5, 5.41) is 3.95. The van der Waals surface area contributed by atoms with E-state index in [4.69, 9.17) is 14.2 Å². The Morgan fingerprint density at radius 3 is 2.39 bits per heavy atom. The highest BCUT2D eigenvalue weighted by Crippen LogP contribution is 2.38. The third kappa shape index (κ3) is 4.72. The summed E-state index contributed by atoms with van der Waals surface area (Å²) >= 11 is 1.64. The minimum Gasteiger partial charge on any atom is -0.493 e. The van der Waals surface area contributed by atoms with Gasteiger partial charge >= 0.3 is 0 Å². The summed E-state index contributed by atoms with van der Waals surface area (Å²) in [6, 6.07) is 11.8. The van der Waals surface area contributed by atoms with Gasteiger partial charge in [-0.2, -0.15) is 0 Å². The van der Waals surface area contributed by atoms with E-state index in [0.29, 0.717) is 43.1 Å². The van der Waals surface area contributed by atoms with E-state index in [1.165, 1.54) is 0 Å². The van der Waals surface area contributed by atoms with E-state index in [9.17, 15) is 4.79 Å². The minimum absolute atomic E-state index is 0.0201. The summed E-state index contributed by atoms with van der Waals surface area (Å²) < 4.78 is 17.2. The van der Waals surface area contributed by atoms with Crippen LogP contribution in [0.25, 0.3) is 10.2 Å².